The molecule has 19 heteroatoms. The number of primary amides is 2. The number of hydrogen-bond acceptors (Lipinski definition) is 14. The van der Waals surface area contributed by atoms with Gasteiger partial charge in [-0.15, -0.1) is 22.7 Å². The second kappa shape index (κ2) is 18.9. The number of rotatable bonds is 12. The molecule has 4 amide bonds. The highest BCUT2D eigenvalue weighted by Crippen LogP contribution is 2.34. The van der Waals surface area contributed by atoms with Gasteiger partial charge in [0, 0.05) is 36.9 Å². The fraction of sp³-hybridized carbons (Fsp3) is 0.436. The number of nitrogens with zero attached hydrogens (tertiary/aromatic N) is 4. The average molecular weight is 897 g/mol. The molecule has 310 valence electrons. The zero-order valence-electron chi connectivity index (χ0n) is 32.4. The molecule has 3 aliphatic rings. The third kappa shape index (κ3) is 9.78. The van der Waals surface area contributed by atoms with E-state index in [1.54, 1.807) is 24.9 Å². The number of nitrogens with two attached hydrogens (primary N) is 2. The summed E-state index contributed by atoms with van der Waals surface area (Å²) in [5.74, 6) is -1.19. The van der Waals surface area contributed by atoms with Crippen LogP contribution in [0.1, 0.15) is 65.9 Å². The first kappa shape index (κ1) is 42.9. The monoisotopic (exact) mass is 895 g/mol. The predicted molar refractivity (Wildman–Crippen MR) is 233 cm³/mol. The first-order chi connectivity index (χ1) is 27.9. The number of aliphatic hydroxyl groups excluding tert-OH is 1. The Morgan fingerprint density at radius 3 is 1.62 bits per heavy atom. The molecule has 3 fully saturated rings. The Balaban J connectivity index is 0.000000200. The van der Waals surface area contributed by atoms with E-state index in [4.69, 9.17) is 11.5 Å². The van der Waals surface area contributed by atoms with Gasteiger partial charge in [0.1, 0.15) is 22.5 Å². The molecule has 2 aliphatic heterocycles. The fourth-order valence-corrected chi connectivity index (χ4v) is 9.39. The van der Waals surface area contributed by atoms with Crippen LogP contribution in [0.15, 0.2) is 63.2 Å². The zero-order chi connectivity index (χ0) is 41.5. The van der Waals surface area contributed by atoms with Crippen LogP contribution in [0.2, 0.25) is 0 Å². The van der Waals surface area contributed by atoms with Crippen LogP contribution in [-0.2, 0) is 9.59 Å². The molecule has 1 saturated carbocycles. The summed E-state index contributed by atoms with van der Waals surface area (Å²) in [5.41, 5.74) is 13.8. The quantitative estimate of drug-likeness (QED) is 0.101. The second-order valence-corrected chi connectivity index (χ2v) is 17.6. The predicted octanol–water partition coefficient (Wildman–Crippen LogP) is 3.97. The van der Waals surface area contributed by atoms with E-state index in [9.17, 15) is 24.3 Å². The minimum absolute atomic E-state index is 0.0120. The van der Waals surface area contributed by atoms with Crippen LogP contribution in [0.4, 0.5) is 27.9 Å². The van der Waals surface area contributed by atoms with Crippen LogP contribution in [0.3, 0.4) is 0 Å². The zero-order valence-corrected chi connectivity index (χ0v) is 35.6. The molecular formula is C39H50BrN11O5S2. The molecule has 58 heavy (non-hydrogen) atoms. The van der Waals surface area contributed by atoms with Gasteiger partial charge in [0.2, 0.25) is 11.8 Å². The standard InChI is InChI=1S/C22H30N6O3S.C17H20BrN5O2S/c1-24-22(20(23)31)9-11-28(12-10-22)17-7-3-2-5-14(17)25-19(30)16-13-32-21(27-16)26-15-6-4-8-18(15)29;1-20-17(15(19)25)6-8-23(9-7-17)13-5-3-2-4-11(13)21-14(24)12-10-26-16(18)22-12/h2-3,5,7,13,15,18,24,29H,4,6,8-12H2,1H3,(H2,23,31)(H,25,30)(H,26,27);2-5,10,20H,6-9H2,1H3,(H2,19,25)(H,21,24)/t15-,18+;/m1./s1. The van der Waals surface area contributed by atoms with Gasteiger partial charge in [-0.3, -0.25) is 19.2 Å². The number of nitrogens with one attached hydrogen (secondary N) is 5. The van der Waals surface area contributed by atoms with Crippen molar-refractivity contribution < 1.29 is 24.3 Å². The van der Waals surface area contributed by atoms with E-state index in [1.165, 1.54) is 22.7 Å². The van der Waals surface area contributed by atoms with Crippen molar-refractivity contribution in [3.63, 3.8) is 0 Å². The van der Waals surface area contributed by atoms with Crippen LogP contribution in [0.25, 0.3) is 0 Å². The largest absolute Gasteiger partial charge is 0.391 e. The van der Waals surface area contributed by atoms with Gasteiger partial charge in [0.25, 0.3) is 11.8 Å². The molecule has 2 aromatic heterocycles. The maximum atomic E-state index is 12.9. The maximum absolute atomic E-state index is 12.9. The van der Waals surface area contributed by atoms with Crippen molar-refractivity contribution in [1.29, 1.82) is 0 Å². The summed E-state index contributed by atoms with van der Waals surface area (Å²) in [5, 5.41) is 29.4. The number of halogens is 1. The van der Waals surface area contributed by atoms with Gasteiger partial charge >= 0.3 is 0 Å². The summed E-state index contributed by atoms with van der Waals surface area (Å²) in [7, 11) is 3.53. The van der Waals surface area contributed by atoms with E-state index < -0.39 is 11.1 Å². The summed E-state index contributed by atoms with van der Waals surface area (Å²) in [6, 6.07) is 15.2. The van der Waals surface area contributed by atoms with Gasteiger partial charge in [-0.2, -0.15) is 0 Å². The number of amides is 4. The number of anilines is 5. The summed E-state index contributed by atoms with van der Waals surface area (Å²) in [6.07, 6.45) is 4.71. The molecular weight excluding hydrogens is 847 g/mol. The van der Waals surface area contributed by atoms with Gasteiger partial charge in [-0.05, 0) is 99.2 Å². The highest BCUT2D eigenvalue weighted by atomic mass is 79.9. The normalized spacial score (nSPS) is 19.7. The van der Waals surface area contributed by atoms with E-state index in [-0.39, 0.29) is 35.8 Å². The van der Waals surface area contributed by atoms with Crippen molar-refractivity contribution in [3.8, 4) is 0 Å². The third-order valence-corrected chi connectivity index (χ3v) is 13.5. The molecule has 4 aromatic rings. The van der Waals surface area contributed by atoms with E-state index in [1.807, 2.05) is 48.5 Å². The molecule has 4 heterocycles. The van der Waals surface area contributed by atoms with Crippen LogP contribution in [0, 0.1) is 0 Å². The Kier molecular flexibility index (Phi) is 14.0. The summed E-state index contributed by atoms with van der Waals surface area (Å²) >= 11 is 5.99. The van der Waals surface area contributed by atoms with Crippen molar-refractivity contribution in [2.75, 3.05) is 66.0 Å². The first-order valence-corrected chi connectivity index (χ1v) is 21.7. The van der Waals surface area contributed by atoms with E-state index in [2.05, 4.69) is 62.3 Å². The van der Waals surface area contributed by atoms with Crippen molar-refractivity contribution in [2.24, 2.45) is 11.5 Å². The second-order valence-electron chi connectivity index (χ2n) is 14.6. The number of para-hydroxylation sites is 4. The highest BCUT2D eigenvalue weighted by molar-refractivity contribution is 9.11. The third-order valence-electron chi connectivity index (χ3n) is 11.4. The molecule has 7 rings (SSSR count). The van der Waals surface area contributed by atoms with Crippen molar-refractivity contribution >= 4 is 90.1 Å². The number of carbonyl (C=O) groups excluding carboxylic acids is 4. The van der Waals surface area contributed by atoms with Crippen LogP contribution < -0.4 is 47.9 Å². The molecule has 0 spiro atoms. The average Bonchev–Trinajstić information content (AvgIpc) is 4.00. The van der Waals surface area contributed by atoms with Crippen LogP contribution in [0.5, 0.6) is 0 Å². The van der Waals surface area contributed by atoms with Gasteiger partial charge in [0.15, 0.2) is 9.05 Å². The number of piperidine rings is 2. The van der Waals surface area contributed by atoms with Crippen molar-refractivity contribution in [1.82, 2.24) is 20.6 Å². The molecule has 0 bridgehead atoms. The number of thiazole rings is 2. The Hall–Kier alpha value is -4.66. The minimum Gasteiger partial charge on any atom is -0.391 e. The molecule has 0 radical (unpaired) electrons. The number of aromatic nitrogens is 2. The lowest BCUT2D eigenvalue weighted by Crippen LogP contribution is -2.59. The van der Waals surface area contributed by atoms with Gasteiger partial charge < -0.3 is 53.0 Å². The summed E-state index contributed by atoms with van der Waals surface area (Å²) < 4.78 is 0.668. The first-order valence-electron chi connectivity index (χ1n) is 19.2. The van der Waals surface area contributed by atoms with E-state index >= 15 is 0 Å². The van der Waals surface area contributed by atoms with Gasteiger partial charge in [0.05, 0.1) is 34.9 Å². The SMILES string of the molecule is CNC1(C(N)=O)CCN(c2ccccc2NC(=O)c2csc(Br)n2)CC1.CNC1(C(N)=O)CCN(c2ccccc2NC(=O)c2csc(N[C@@H]3CCC[C@@H]3O)n2)CC1. The van der Waals surface area contributed by atoms with E-state index in [0.717, 1.165) is 36.3 Å². The smallest absolute Gasteiger partial charge is 0.275 e. The molecule has 2 aromatic carbocycles. The lowest BCUT2D eigenvalue weighted by Gasteiger charge is -2.41. The Morgan fingerprint density at radius 1 is 0.741 bits per heavy atom. The molecule has 2 atom stereocenters. The van der Waals surface area contributed by atoms with Gasteiger partial charge in [-0.25, -0.2) is 9.97 Å². The molecule has 16 nitrogen and oxygen atoms in total. The molecule has 10 N–H and O–H groups in total. The number of carbonyl (C=O) groups is 4. The van der Waals surface area contributed by atoms with Crippen molar-refractivity contribution in [2.45, 2.75) is 68.2 Å². The van der Waals surface area contributed by atoms with E-state index in [0.29, 0.717) is 78.0 Å². The molecule has 1 aliphatic carbocycles. The topological polar surface area (TPSA) is 233 Å². The van der Waals surface area contributed by atoms with Crippen molar-refractivity contribution in [3.05, 3.63) is 74.6 Å². The Morgan fingerprint density at radius 2 is 1.21 bits per heavy atom. The lowest BCUT2D eigenvalue weighted by atomic mass is 9.86. The maximum Gasteiger partial charge on any atom is 0.275 e. The molecule has 2 saturated heterocycles. The Labute approximate surface area is 353 Å². The van der Waals surface area contributed by atoms with Crippen LogP contribution >= 0.6 is 38.6 Å². The number of hydrogen-bond donors (Lipinski definition) is 8. The van der Waals surface area contributed by atoms with Gasteiger partial charge in [-0.1, -0.05) is 24.3 Å². The van der Waals surface area contributed by atoms with Crippen LogP contribution in [-0.4, -0.2) is 102 Å². The lowest BCUT2D eigenvalue weighted by molar-refractivity contribution is -0.125. The number of aliphatic hydroxyl groups is 1. The summed E-state index contributed by atoms with van der Waals surface area (Å²) in [4.78, 5) is 61.9. The molecule has 0 unspecified atom stereocenters. The number of benzene rings is 2. The fourth-order valence-electron chi connectivity index (χ4n) is 7.65. The summed E-state index contributed by atoms with van der Waals surface area (Å²) in [6.45, 7) is 2.62. The minimum atomic E-state index is -0.689. The Bertz CT molecular complexity index is 2080. The number of likely N-dealkylation sites (N-methyl/N-ethyl adjacent to an activating group) is 2. The highest BCUT2D eigenvalue weighted by Gasteiger charge is 2.40.